The summed E-state index contributed by atoms with van der Waals surface area (Å²) in [6.07, 6.45) is 0. The Labute approximate surface area is 315 Å². The monoisotopic (exact) mass is 690 g/mol. The summed E-state index contributed by atoms with van der Waals surface area (Å²) >= 11 is 0. The Kier molecular flexibility index (Phi) is 6.72. The normalized spacial score (nSPS) is 12.9. The molecule has 0 amide bonds. The molecule has 2 heterocycles. The van der Waals surface area contributed by atoms with E-state index in [0.717, 1.165) is 44.9 Å². The summed E-state index contributed by atoms with van der Waals surface area (Å²) in [6.45, 7) is 4.58. The molecule has 0 N–H and O–H groups in total. The van der Waals surface area contributed by atoms with Gasteiger partial charge in [-0.25, -0.2) is 0 Å². The molecule has 0 bridgehead atoms. The van der Waals surface area contributed by atoms with Crippen molar-refractivity contribution in [2.75, 3.05) is 0 Å². The third kappa shape index (κ3) is 4.61. The zero-order valence-electron chi connectivity index (χ0n) is 30.1. The topological polar surface area (TPSA) is 18.5 Å². The van der Waals surface area contributed by atoms with Crippen LogP contribution in [0.5, 0.6) is 23.0 Å². The van der Waals surface area contributed by atoms with Crippen LogP contribution in [0.4, 0.5) is 0 Å². The Morgan fingerprint density at radius 3 is 1.65 bits per heavy atom. The Bertz CT molecular complexity index is 2920. The van der Waals surface area contributed by atoms with Gasteiger partial charge in [0.2, 0.25) is 0 Å². The van der Waals surface area contributed by atoms with Gasteiger partial charge < -0.3 is 9.47 Å². The van der Waals surface area contributed by atoms with Gasteiger partial charge in [0.25, 0.3) is 6.71 Å². The fourth-order valence-corrected chi connectivity index (χ4v) is 9.09. The molecule has 11 rings (SSSR count). The van der Waals surface area contributed by atoms with Crippen LogP contribution in [0, 0.1) is 0 Å². The van der Waals surface area contributed by atoms with Crippen LogP contribution >= 0.6 is 0 Å². The van der Waals surface area contributed by atoms with Crippen LogP contribution < -0.4 is 25.9 Å². The van der Waals surface area contributed by atoms with Crippen molar-refractivity contribution in [3.05, 3.63) is 187 Å². The van der Waals surface area contributed by atoms with E-state index in [4.69, 9.17) is 9.47 Å². The van der Waals surface area contributed by atoms with Gasteiger partial charge in [-0.3, -0.25) is 0 Å². The molecule has 0 unspecified atom stereocenters. The van der Waals surface area contributed by atoms with E-state index < -0.39 is 0 Å². The number of benzene rings is 9. The largest absolute Gasteiger partial charge is 0.458 e. The maximum atomic E-state index is 7.05. The van der Waals surface area contributed by atoms with E-state index in [1.165, 1.54) is 60.1 Å². The first kappa shape index (κ1) is 31.0. The second-order valence-electron chi connectivity index (χ2n) is 15.2. The quantitative estimate of drug-likeness (QED) is 0.135. The standard InChI is InChI=1S/C51H35BO2/c1-51(2,36-16-4-3-5-17-36)37-26-27-43-45(31-37)54-47-30-35(29-46-50(47)52(43)42-22-12-13-23-44(42)53-46)49-40-20-10-8-18-38(40)48(39-19-9-11-21-41(39)49)34-25-24-32-14-6-7-15-33(32)28-34/h3-31H,1-2H3. The fraction of sp³-hybridized carbons (Fsp3) is 0.0588. The maximum Gasteiger partial charge on any atom is 0.260 e. The summed E-state index contributed by atoms with van der Waals surface area (Å²) in [5.41, 5.74) is 10.4. The average molecular weight is 691 g/mol. The summed E-state index contributed by atoms with van der Waals surface area (Å²) in [5, 5.41) is 7.31. The smallest absolute Gasteiger partial charge is 0.260 e. The van der Waals surface area contributed by atoms with E-state index in [9.17, 15) is 0 Å². The van der Waals surface area contributed by atoms with Crippen LogP contribution in [0.15, 0.2) is 176 Å². The molecule has 54 heavy (non-hydrogen) atoms. The van der Waals surface area contributed by atoms with Crippen LogP contribution in [0.2, 0.25) is 0 Å². The highest BCUT2D eigenvalue weighted by molar-refractivity contribution is 6.98. The van der Waals surface area contributed by atoms with E-state index in [2.05, 4.69) is 190 Å². The highest BCUT2D eigenvalue weighted by Gasteiger charge is 2.41. The lowest BCUT2D eigenvalue weighted by atomic mass is 9.34. The van der Waals surface area contributed by atoms with E-state index in [0.29, 0.717) is 0 Å². The Hall–Kier alpha value is -6.58. The first-order valence-electron chi connectivity index (χ1n) is 18.8. The summed E-state index contributed by atoms with van der Waals surface area (Å²) in [7, 11) is 0. The molecule has 2 aliphatic rings. The summed E-state index contributed by atoms with van der Waals surface area (Å²) in [5.74, 6) is 3.48. The van der Waals surface area contributed by atoms with E-state index in [-0.39, 0.29) is 12.1 Å². The molecule has 0 aromatic heterocycles. The zero-order chi connectivity index (χ0) is 36.0. The summed E-state index contributed by atoms with van der Waals surface area (Å²) in [4.78, 5) is 0. The molecule has 0 saturated heterocycles. The molecular formula is C51H35BO2. The number of fused-ring (bicyclic) bond motifs is 7. The molecule has 0 atom stereocenters. The van der Waals surface area contributed by atoms with Crippen molar-refractivity contribution in [1.29, 1.82) is 0 Å². The lowest BCUT2D eigenvalue weighted by Gasteiger charge is -2.35. The number of hydrogen-bond donors (Lipinski definition) is 0. The van der Waals surface area contributed by atoms with Gasteiger partial charge >= 0.3 is 0 Å². The molecule has 9 aromatic rings. The van der Waals surface area contributed by atoms with Crippen molar-refractivity contribution in [3.8, 4) is 45.3 Å². The Balaban J connectivity index is 1.14. The molecule has 2 nitrogen and oxygen atoms in total. The van der Waals surface area contributed by atoms with Gasteiger partial charge in [0, 0.05) is 10.9 Å². The number of hydrogen-bond acceptors (Lipinski definition) is 2. The fourth-order valence-electron chi connectivity index (χ4n) is 9.09. The van der Waals surface area contributed by atoms with Crippen molar-refractivity contribution in [3.63, 3.8) is 0 Å². The molecule has 0 fully saturated rings. The average Bonchev–Trinajstić information content (AvgIpc) is 3.22. The first-order chi connectivity index (χ1) is 26.5. The third-order valence-corrected chi connectivity index (χ3v) is 11.9. The van der Waals surface area contributed by atoms with Gasteiger partial charge in [-0.1, -0.05) is 159 Å². The van der Waals surface area contributed by atoms with Crippen molar-refractivity contribution in [2.45, 2.75) is 19.3 Å². The molecule has 9 aromatic carbocycles. The summed E-state index contributed by atoms with van der Waals surface area (Å²) < 4.78 is 13.9. The lowest BCUT2D eigenvalue weighted by molar-refractivity contribution is 0.463. The second-order valence-corrected chi connectivity index (χ2v) is 15.2. The van der Waals surface area contributed by atoms with Crippen molar-refractivity contribution in [2.24, 2.45) is 0 Å². The third-order valence-electron chi connectivity index (χ3n) is 11.9. The van der Waals surface area contributed by atoms with Gasteiger partial charge in [-0.2, -0.15) is 0 Å². The van der Waals surface area contributed by atoms with Crippen LogP contribution in [0.1, 0.15) is 25.0 Å². The molecule has 0 radical (unpaired) electrons. The van der Waals surface area contributed by atoms with Crippen LogP contribution in [0.25, 0.3) is 54.6 Å². The van der Waals surface area contributed by atoms with E-state index in [1.807, 2.05) is 0 Å². The van der Waals surface area contributed by atoms with Gasteiger partial charge in [0.05, 0.1) is 0 Å². The number of rotatable bonds is 4. The van der Waals surface area contributed by atoms with Crippen molar-refractivity contribution < 1.29 is 9.47 Å². The number of ether oxygens (including phenoxy) is 2. The van der Waals surface area contributed by atoms with Gasteiger partial charge in [-0.15, -0.1) is 0 Å². The maximum absolute atomic E-state index is 7.05. The highest BCUT2D eigenvalue weighted by Crippen LogP contribution is 2.47. The van der Waals surface area contributed by atoms with Gasteiger partial charge in [-0.05, 0) is 107 Å². The molecule has 3 heteroatoms. The van der Waals surface area contributed by atoms with Gasteiger partial charge in [0.1, 0.15) is 23.0 Å². The van der Waals surface area contributed by atoms with Crippen LogP contribution in [-0.4, -0.2) is 6.71 Å². The predicted octanol–water partition coefficient (Wildman–Crippen LogP) is 11.5. The van der Waals surface area contributed by atoms with E-state index in [1.54, 1.807) is 0 Å². The first-order valence-corrected chi connectivity index (χ1v) is 18.8. The SMILES string of the molecule is CC(C)(c1ccccc1)c1ccc2c(c1)Oc1cc(-c3c4ccccc4c(-c4ccc5ccccc5c4)c4ccccc34)cc3c1B2c1ccccc1O3. The Morgan fingerprint density at radius 1 is 0.389 bits per heavy atom. The molecule has 2 aliphatic heterocycles. The lowest BCUT2D eigenvalue weighted by Crippen LogP contribution is -2.57. The predicted molar refractivity (Wildman–Crippen MR) is 226 cm³/mol. The van der Waals surface area contributed by atoms with Crippen molar-refractivity contribution >= 4 is 55.4 Å². The van der Waals surface area contributed by atoms with E-state index >= 15 is 0 Å². The summed E-state index contributed by atoms with van der Waals surface area (Å²) in [6, 6.07) is 63.6. The molecule has 0 aliphatic carbocycles. The number of para-hydroxylation sites is 1. The molecular weight excluding hydrogens is 655 g/mol. The molecule has 0 spiro atoms. The minimum absolute atomic E-state index is 0.00425. The highest BCUT2D eigenvalue weighted by atomic mass is 16.5. The van der Waals surface area contributed by atoms with Crippen molar-refractivity contribution in [1.82, 2.24) is 0 Å². The second kappa shape index (κ2) is 11.7. The molecule has 254 valence electrons. The zero-order valence-corrected chi connectivity index (χ0v) is 30.1. The van der Waals surface area contributed by atoms with Crippen LogP contribution in [-0.2, 0) is 5.41 Å². The van der Waals surface area contributed by atoms with Crippen LogP contribution in [0.3, 0.4) is 0 Å². The minimum Gasteiger partial charge on any atom is -0.458 e. The Morgan fingerprint density at radius 2 is 0.944 bits per heavy atom. The minimum atomic E-state index is -0.203. The molecule has 0 saturated carbocycles. The van der Waals surface area contributed by atoms with Gasteiger partial charge in [0.15, 0.2) is 0 Å².